The molecule has 2 aromatic heterocycles. The van der Waals surface area contributed by atoms with E-state index in [0.717, 1.165) is 35.2 Å². The number of halogens is 1. The third-order valence-corrected chi connectivity index (χ3v) is 6.57. The predicted molar refractivity (Wildman–Crippen MR) is 117 cm³/mol. The van der Waals surface area contributed by atoms with E-state index in [1.165, 1.54) is 10.2 Å². The van der Waals surface area contributed by atoms with Crippen molar-refractivity contribution in [3.63, 3.8) is 0 Å². The molecule has 0 saturated carbocycles. The molecule has 0 aliphatic heterocycles. The molecule has 2 aromatic carbocycles. The second-order valence-electron chi connectivity index (χ2n) is 6.76. The highest BCUT2D eigenvalue weighted by Gasteiger charge is 2.21. The molecular formula is C22H20ClN3O2S. The molecule has 0 spiro atoms. The summed E-state index contributed by atoms with van der Waals surface area (Å²) in [5, 5.41) is 4.85. The van der Waals surface area contributed by atoms with Gasteiger partial charge < -0.3 is 5.32 Å². The molecule has 148 valence electrons. The van der Waals surface area contributed by atoms with Gasteiger partial charge >= 0.3 is 0 Å². The van der Waals surface area contributed by atoms with Crippen LogP contribution in [0.4, 0.5) is 11.4 Å². The summed E-state index contributed by atoms with van der Waals surface area (Å²) >= 11 is 6.07. The van der Waals surface area contributed by atoms with Crippen LogP contribution in [0.25, 0.3) is 10.9 Å². The summed E-state index contributed by atoms with van der Waals surface area (Å²) in [7, 11) is -3.75. The Kier molecular flexibility index (Phi) is 5.30. The molecule has 4 aromatic rings. The molecule has 5 nitrogen and oxygen atoms in total. The second kappa shape index (κ2) is 7.89. The fourth-order valence-electron chi connectivity index (χ4n) is 3.36. The minimum Gasteiger partial charge on any atom is -0.355 e. The van der Waals surface area contributed by atoms with Crippen molar-refractivity contribution in [3.05, 3.63) is 83.8 Å². The van der Waals surface area contributed by atoms with Crippen molar-refractivity contribution in [1.29, 1.82) is 0 Å². The lowest BCUT2D eigenvalue weighted by Crippen LogP contribution is -2.12. The molecule has 29 heavy (non-hydrogen) atoms. The number of aromatic nitrogens is 2. The lowest BCUT2D eigenvalue weighted by atomic mass is 10.1. The van der Waals surface area contributed by atoms with Crippen LogP contribution in [-0.4, -0.2) is 17.4 Å². The Hall–Kier alpha value is -2.83. The van der Waals surface area contributed by atoms with Crippen molar-refractivity contribution >= 4 is 43.9 Å². The van der Waals surface area contributed by atoms with Crippen molar-refractivity contribution in [3.8, 4) is 0 Å². The summed E-state index contributed by atoms with van der Waals surface area (Å²) < 4.78 is 27.9. The summed E-state index contributed by atoms with van der Waals surface area (Å²) in [6, 6.07) is 16.3. The average Bonchev–Trinajstić information content (AvgIpc) is 3.08. The van der Waals surface area contributed by atoms with Crippen molar-refractivity contribution in [2.75, 3.05) is 5.32 Å². The van der Waals surface area contributed by atoms with E-state index >= 15 is 0 Å². The Morgan fingerprint density at radius 2 is 1.90 bits per heavy atom. The van der Waals surface area contributed by atoms with Gasteiger partial charge in [0.1, 0.15) is 4.90 Å². The van der Waals surface area contributed by atoms with Crippen molar-refractivity contribution in [2.45, 2.75) is 24.7 Å². The van der Waals surface area contributed by atoms with Crippen LogP contribution in [0.15, 0.2) is 78.1 Å². The third kappa shape index (κ3) is 3.86. The number of pyridine rings is 1. The van der Waals surface area contributed by atoms with E-state index in [1.807, 2.05) is 36.4 Å². The molecule has 0 amide bonds. The van der Waals surface area contributed by atoms with Crippen LogP contribution >= 0.6 is 11.6 Å². The molecule has 2 heterocycles. The van der Waals surface area contributed by atoms with Crippen LogP contribution in [0.2, 0.25) is 5.02 Å². The number of anilines is 2. The van der Waals surface area contributed by atoms with Crippen molar-refractivity contribution < 1.29 is 8.42 Å². The molecule has 0 aliphatic rings. The van der Waals surface area contributed by atoms with Gasteiger partial charge in [0.15, 0.2) is 0 Å². The fraction of sp³-hybridized carbons (Fsp3) is 0.136. The Bertz CT molecular complexity index is 1270. The van der Waals surface area contributed by atoms with E-state index < -0.39 is 10.0 Å². The van der Waals surface area contributed by atoms with Crippen LogP contribution in [0.1, 0.15) is 18.9 Å². The van der Waals surface area contributed by atoms with E-state index in [0.29, 0.717) is 10.5 Å². The highest BCUT2D eigenvalue weighted by Crippen LogP contribution is 2.30. The number of aryl methyl sites for hydroxylation is 1. The van der Waals surface area contributed by atoms with Gasteiger partial charge in [-0.05, 0) is 54.4 Å². The second-order valence-corrected chi connectivity index (χ2v) is 9.01. The van der Waals surface area contributed by atoms with E-state index in [9.17, 15) is 8.42 Å². The molecule has 0 bridgehead atoms. The number of hydrogen-bond acceptors (Lipinski definition) is 4. The maximum Gasteiger partial charge on any atom is 0.269 e. The van der Waals surface area contributed by atoms with Gasteiger partial charge in [-0.1, -0.05) is 37.1 Å². The molecule has 0 radical (unpaired) electrons. The van der Waals surface area contributed by atoms with Gasteiger partial charge in [-0.25, -0.2) is 12.4 Å². The zero-order valence-corrected chi connectivity index (χ0v) is 17.4. The van der Waals surface area contributed by atoms with Crippen LogP contribution in [0, 0.1) is 0 Å². The molecule has 4 rings (SSSR count). The Morgan fingerprint density at radius 3 is 2.62 bits per heavy atom. The number of rotatable bonds is 6. The largest absolute Gasteiger partial charge is 0.355 e. The first kappa shape index (κ1) is 19.5. The normalized spacial score (nSPS) is 11.7. The first-order chi connectivity index (χ1) is 14.0. The molecule has 0 fully saturated rings. The topological polar surface area (TPSA) is 64.0 Å². The molecule has 7 heteroatoms. The van der Waals surface area contributed by atoms with Crippen LogP contribution in [0.3, 0.4) is 0 Å². The van der Waals surface area contributed by atoms with E-state index in [1.54, 1.807) is 30.6 Å². The smallest absolute Gasteiger partial charge is 0.269 e. The van der Waals surface area contributed by atoms with Gasteiger partial charge in [0.2, 0.25) is 0 Å². The van der Waals surface area contributed by atoms with Gasteiger partial charge in [-0.15, -0.1) is 0 Å². The third-order valence-electron chi connectivity index (χ3n) is 4.68. The summed E-state index contributed by atoms with van der Waals surface area (Å²) in [6.07, 6.45) is 6.37. The fourth-order valence-corrected chi connectivity index (χ4v) is 4.90. The lowest BCUT2D eigenvalue weighted by molar-refractivity contribution is 0.588. The number of benzene rings is 2. The quantitative estimate of drug-likeness (QED) is 0.435. The van der Waals surface area contributed by atoms with Crippen LogP contribution < -0.4 is 5.32 Å². The molecule has 0 atom stereocenters. The zero-order valence-electron chi connectivity index (χ0n) is 15.8. The highest BCUT2D eigenvalue weighted by molar-refractivity contribution is 7.90. The Balaban J connectivity index is 1.85. The van der Waals surface area contributed by atoms with E-state index in [-0.39, 0.29) is 4.90 Å². The van der Waals surface area contributed by atoms with Gasteiger partial charge in [-0.3, -0.25) is 4.98 Å². The maximum absolute atomic E-state index is 13.3. The van der Waals surface area contributed by atoms with Crippen LogP contribution in [0.5, 0.6) is 0 Å². The van der Waals surface area contributed by atoms with Gasteiger partial charge in [0.05, 0.1) is 5.52 Å². The average molecular weight is 426 g/mol. The first-order valence-corrected chi connectivity index (χ1v) is 11.1. The highest BCUT2D eigenvalue weighted by atomic mass is 35.5. The Labute approximate surface area is 175 Å². The molecular weight excluding hydrogens is 406 g/mol. The van der Waals surface area contributed by atoms with Crippen molar-refractivity contribution in [2.24, 2.45) is 0 Å². The van der Waals surface area contributed by atoms with E-state index in [4.69, 9.17) is 11.6 Å². The zero-order chi connectivity index (χ0) is 20.4. The summed E-state index contributed by atoms with van der Waals surface area (Å²) in [4.78, 5) is 4.12. The minimum absolute atomic E-state index is 0.160. The molecule has 1 N–H and O–H groups in total. The minimum atomic E-state index is -3.75. The predicted octanol–water partition coefficient (Wildman–Crippen LogP) is 5.62. The lowest BCUT2D eigenvalue weighted by Gasteiger charge is -2.10. The summed E-state index contributed by atoms with van der Waals surface area (Å²) in [5.74, 6) is 0. The SMILES string of the molecule is CCCc1cn(S(=O)(=O)c2cccnc2)c2cc(Nc3cccc(Cl)c3)ccc12. The maximum atomic E-state index is 13.3. The Morgan fingerprint density at radius 1 is 1.07 bits per heavy atom. The van der Waals surface area contributed by atoms with Gasteiger partial charge in [-0.2, -0.15) is 0 Å². The summed E-state index contributed by atoms with van der Waals surface area (Å²) in [5.41, 5.74) is 3.25. The molecule has 0 unspecified atom stereocenters. The monoisotopic (exact) mass is 425 g/mol. The summed E-state index contributed by atoms with van der Waals surface area (Å²) in [6.45, 7) is 2.08. The number of nitrogens with zero attached hydrogens (tertiary/aromatic N) is 2. The number of fused-ring (bicyclic) bond motifs is 1. The molecule has 0 saturated heterocycles. The van der Waals surface area contributed by atoms with Crippen LogP contribution in [-0.2, 0) is 16.4 Å². The number of nitrogens with one attached hydrogen (secondary N) is 1. The van der Waals surface area contributed by atoms with E-state index in [2.05, 4.69) is 17.2 Å². The molecule has 0 aliphatic carbocycles. The van der Waals surface area contributed by atoms with Crippen molar-refractivity contribution in [1.82, 2.24) is 8.96 Å². The first-order valence-electron chi connectivity index (χ1n) is 9.31. The standard InChI is InChI=1S/C22H20ClN3O2S/c1-2-5-16-15-26(29(27,28)20-8-4-11-24-14-20)22-13-19(9-10-21(16)22)25-18-7-3-6-17(23)12-18/h3-4,6-15,25H,2,5H2,1H3. The number of hydrogen-bond donors (Lipinski definition) is 1. The van der Waals surface area contributed by atoms with Gasteiger partial charge in [0.25, 0.3) is 10.0 Å². The van der Waals surface area contributed by atoms with Gasteiger partial charge in [0, 0.05) is 40.4 Å².